The molecule has 0 bridgehead atoms. The number of anilines is 1. The zero-order chi connectivity index (χ0) is 16.4. The van der Waals surface area contributed by atoms with Crippen LogP contribution in [0.15, 0.2) is 18.2 Å². The van der Waals surface area contributed by atoms with Crippen molar-refractivity contribution in [2.75, 3.05) is 11.4 Å². The predicted octanol–water partition coefficient (Wildman–Crippen LogP) is 3.06. The zero-order valence-corrected chi connectivity index (χ0v) is 12.5. The minimum atomic E-state index is -1.11. The molecular weight excluding hydrogens is 280 g/mol. The van der Waals surface area contributed by atoms with E-state index in [2.05, 4.69) is 0 Å². The molecule has 0 aliphatic rings. The Balaban J connectivity index is 3.27. The van der Waals surface area contributed by atoms with E-state index >= 15 is 0 Å². The molecule has 1 amide bonds. The molecule has 0 saturated heterocycles. The van der Waals surface area contributed by atoms with Crippen molar-refractivity contribution in [3.8, 4) is 0 Å². The van der Waals surface area contributed by atoms with Crippen LogP contribution in [-0.4, -0.2) is 23.5 Å². The fourth-order valence-electron chi connectivity index (χ4n) is 1.74. The van der Waals surface area contributed by atoms with Gasteiger partial charge < -0.3 is 10.0 Å². The van der Waals surface area contributed by atoms with Gasteiger partial charge in [-0.3, -0.25) is 9.59 Å². The van der Waals surface area contributed by atoms with Gasteiger partial charge in [0.2, 0.25) is 5.91 Å². The van der Waals surface area contributed by atoms with Gasteiger partial charge in [-0.15, -0.1) is 0 Å². The molecule has 4 nitrogen and oxygen atoms in total. The van der Waals surface area contributed by atoms with Crippen molar-refractivity contribution in [1.29, 1.82) is 0 Å². The van der Waals surface area contributed by atoms with E-state index in [1.165, 1.54) is 6.92 Å². The summed E-state index contributed by atoms with van der Waals surface area (Å²) < 4.78 is 27.3. The fraction of sp³-hybridized carbons (Fsp3) is 0.467. The Kier molecular flexibility index (Phi) is 5.04. The molecule has 0 aliphatic heterocycles. The third-order valence-corrected chi connectivity index (χ3v) is 2.96. The fourth-order valence-corrected chi connectivity index (χ4v) is 1.74. The highest BCUT2D eigenvalue weighted by atomic mass is 19.1. The number of hydrogen-bond acceptors (Lipinski definition) is 2. The second kappa shape index (κ2) is 6.20. The second-order valence-corrected chi connectivity index (χ2v) is 6.00. The standard InChI is InChI=1S/C15H19F2NO3/c1-9(13(19)20)8-18(14(21)15(2,3)4)12-7-10(16)5-6-11(12)17/h5-7,9H,8H2,1-4H3,(H,19,20). The number of carboxylic acids is 1. The summed E-state index contributed by atoms with van der Waals surface area (Å²) in [6, 6.07) is 2.76. The van der Waals surface area contributed by atoms with Gasteiger partial charge in [0.1, 0.15) is 11.6 Å². The van der Waals surface area contributed by atoms with Gasteiger partial charge in [-0.2, -0.15) is 0 Å². The van der Waals surface area contributed by atoms with Crippen LogP contribution in [-0.2, 0) is 9.59 Å². The predicted molar refractivity (Wildman–Crippen MR) is 75.0 cm³/mol. The molecular formula is C15H19F2NO3. The highest BCUT2D eigenvalue weighted by Gasteiger charge is 2.32. The van der Waals surface area contributed by atoms with E-state index in [0.717, 1.165) is 23.1 Å². The molecule has 6 heteroatoms. The lowest BCUT2D eigenvalue weighted by molar-refractivity contribution is -0.140. The van der Waals surface area contributed by atoms with Crippen LogP contribution in [0.5, 0.6) is 0 Å². The molecule has 0 aliphatic carbocycles. The Hall–Kier alpha value is -1.98. The lowest BCUT2D eigenvalue weighted by Crippen LogP contribution is -2.43. The molecule has 0 heterocycles. The van der Waals surface area contributed by atoms with Crippen LogP contribution in [0, 0.1) is 23.0 Å². The van der Waals surface area contributed by atoms with Crippen molar-refractivity contribution in [1.82, 2.24) is 0 Å². The molecule has 0 spiro atoms. The number of hydrogen-bond donors (Lipinski definition) is 1. The molecule has 1 aromatic carbocycles. The quantitative estimate of drug-likeness (QED) is 0.929. The molecule has 116 valence electrons. The Bertz CT molecular complexity index is 552. The Labute approximate surface area is 122 Å². The molecule has 1 N–H and O–H groups in total. The van der Waals surface area contributed by atoms with E-state index in [1.54, 1.807) is 20.8 Å². The van der Waals surface area contributed by atoms with Crippen LogP contribution in [0.1, 0.15) is 27.7 Å². The van der Waals surface area contributed by atoms with Crippen LogP contribution >= 0.6 is 0 Å². The maximum Gasteiger partial charge on any atom is 0.308 e. The maximum atomic E-state index is 13.9. The first-order valence-electron chi connectivity index (χ1n) is 6.54. The molecule has 1 rings (SSSR count). The van der Waals surface area contributed by atoms with Gasteiger partial charge in [0.25, 0.3) is 0 Å². The van der Waals surface area contributed by atoms with Gasteiger partial charge in [0.15, 0.2) is 0 Å². The minimum Gasteiger partial charge on any atom is -0.481 e. The van der Waals surface area contributed by atoms with E-state index < -0.39 is 34.8 Å². The van der Waals surface area contributed by atoms with E-state index in [9.17, 15) is 18.4 Å². The minimum absolute atomic E-state index is 0.230. The van der Waals surface area contributed by atoms with E-state index in [1.807, 2.05) is 0 Å². The third-order valence-electron chi connectivity index (χ3n) is 2.96. The first-order chi connectivity index (χ1) is 9.54. The number of carbonyl (C=O) groups excluding carboxylic acids is 1. The summed E-state index contributed by atoms with van der Waals surface area (Å²) in [6.45, 7) is 6.06. The number of carboxylic acid groups (broad SMARTS) is 1. The summed E-state index contributed by atoms with van der Waals surface area (Å²) in [5.74, 6) is -3.95. The molecule has 1 aromatic rings. The summed E-state index contributed by atoms with van der Waals surface area (Å²) in [4.78, 5) is 24.4. The molecule has 0 aromatic heterocycles. The Morgan fingerprint density at radius 3 is 2.33 bits per heavy atom. The molecule has 21 heavy (non-hydrogen) atoms. The Morgan fingerprint density at radius 2 is 1.86 bits per heavy atom. The average Bonchev–Trinajstić information content (AvgIpc) is 2.36. The van der Waals surface area contributed by atoms with Gasteiger partial charge in [0.05, 0.1) is 11.6 Å². The van der Waals surface area contributed by atoms with Gasteiger partial charge >= 0.3 is 5.97 Å². The number of benzene rings is 1. The summed E-state index contributed by atoms with van der Waals surface area (Å²) >= 11 is 0. The van der Waals surface area contributed by atoms with Crippen molar-refractivity contribution >= 4 is 17.6 Å². The smallest absolute Gasteiger partial charge is 0.308 e. The second-order valence-electron chi connectivity index (χ2n) is 6.00. The van der Waals surface area contributed by atoms with Crippen molar-refractivity contribution < 1.29 is 23.5 Å². The number of amides is 1. The lowest BCUT2D eigenvalue weighted by Gasteiger charge is -2.31. The zero-order valence-electron chi connectivity index (χ0n) is 12.5. The highest BCUT2D eigenvalue weighted by Crippen LogP contribution is 2.27. The lowest BCUT2D eigenvalue weighted by atomic mass is 9.93. The first kappa shape index (κ1) is 17.1. The molecule has 1 unspecified atom stereocenters. The van der Waals surface area contributed by atoms with Gasteiger partial charge in [-0.1, -0.05) is 27.7 Å². The van der Waals surface area contributed by atoms with Crippen LogP contribution in [0.3, 0.4) is 0 Å². The summed E-state index contributed by atoms with van der Waals surface area (Å²) in [7, 11) is 0. The normalized spacial score (nSPS) is 12.9. The average molecular weight is 299 g/mol. The van der Waals surface area contributed by atoms with Crippen LogP contribution in [0.25, 0.3) is 0 Å². The molecule has 0 radical (unpaired) electrons. The summed E-state index contributed by atoms with van der Waals surface area (Å²) in [5.41, 5.74) is -1.10. The van der Waals surface area contributed by atoms with Crippen molar-refractivity contribution in [2.24, 2.45) is 11.3 Å². The number of nitrogens with zero attached hydrogens (tertiary/aromatic N) is 1. The first-order valence-corrected chi connectivity index (χ1v) is 6.54. The molecule has 0 saturated carbocycles. The van der Waals surface area contributed by atoms with Crippen LogP contribution in [0.2, 0.25) is 0 Å². The maximum absolute atomic E-state index is 13.9. The number of carbonyl (C=O) groups is 2. The largest absolute Gasteiger partial charge is 0.481 e. The molecule has 0 fully saturated rings. The monoisotopic (exact) mass is 299 g/mol. The van der Waals surface area contributed by atoms with E-state index in [4.69, 9.17) is 5.11 Å². The summed E-state index contributed by atoms with van der Waals surface area (Å²) in [6.07, 6.45) is 0. The highest BCUT2D eigenvalue weighted by molar-refractivity contribution is 5.97. The van der Waals surface area contributed by atoms with Crippen molar-refractivity contribution in [3.05, 3.63) is 29.8 Å². The Morgan fingerprint density at radius 1 is 1.29 bits per heavy atom. The topological polar surface area (TPSA) is 57.6 Å². The number of rotatable bonds is 4. The number of halogens is 2. The van der Waals surface area contributed by atoms with Crippen molar-refractivity contribution in [3.63, 3.8) is 0 Å². The summed E-state index contributed by atoms with van der Waals surface area (Å²) in [5, 5.41) is 8.98. The third kappa shape index (κ3) is 4.24. The van der Waals surface area contributed by atoms with Gasteiger partial charge in [-0.05, 0) is 12.1 Å². The van der Waals surface area contributed by atoms with E-state index in [-0.39, 0.29) is 12.2 Å². The SMILES string of the molecule is CC(CN(C(=O)C(C)(C)C)c1cc(F)ccc1F)C(=O)O. The van der Waals surface area contributed by atoms with Crippen molar-refractivity contribution in [2.45, 2.75) is 27.7 Å². The van der Waals surface area contributed by atoms with E-state index in [0.29, 0.717) is 0 Å². The van der Waals surface area contributed by atoms with Gasteiger partial charge in [-0.25, -0.2) is 8.78 Å². The van der Waals surface area contributed by atoms with Crippen LogP contribution < -0.4 is 4.90 Å². The molecule has 1 atom stereocenters. The number of aliphatic carboxylic acids is 1. The van der Waals surface area contributed by atoms with Crippen LogP contribution in [0.4, 0.5) is 14.5 Å². The van der Waals surface area contributed by atoms with Gasteiger partial charge in [0, 0.05) is 18.0 Å².